The van der Waals surface area contributed by atoms with Crippen LogP contribution in [0.1, 0.15) is 69.9 Å². The molecule has 7 N–H and O–H groups in total. The number of nitrogens with zero attached hydrogens (tertiary/aromatic N) is 10. The summed E-state index contributed by atoms with van der Waals surface area (Å²) in [5, 5.41) is 18.0. The van der Waals surface area contributed by atoms with E-state index in [1.54, 1.807) is 41.6 Å². The number of nitrogens with two attached hydrogens (primary N) is 3. The average molecular weight is 1110 g/mol. The van der Waals surface area contributed by atoms with Crippen molar-refractivity contribution >= 4 is 35.2 Å². The molecule has 2 fully saturated rings. The number of carbonyl (C=O) groups excluding carboxylic acids is 3. The Bertz CT molecular complexity index is 3100. The highest BCUT2D eigenvalue weighted by Gasteiger charge is 2.46. The number of piperazine rings is 1. The van der Waals surface area contributed by atoms with Gasteiger partial charge in [0.25, 0.3) is 6.33 Å². The van der Waals surface area contributed by atoms with Crippen LogP contribution < -0.4 is 46.9 Å². The van der Waals surface area contributed by atoms with Gasteiger partial charge in [0.05, 0.1) is 31.5 Å². The summed E-state index contributed by atoms with van der Waals surface area (Å²) >= 11 is 0. The van der Waals surface area contributed by atoms with Crippen LogP contribution in [0, 0.1) is 17.6 Å². The lowest BCUT2D eigenvalue weighted by atomic mass is 9.87. The maximum Gasteiger partial charge on any atom is 0.418 e. The van der Waals surface area contributed by atoms with Gasteiger partial charge in [-0.15, -0.1) is 4.68 Å². The third kappa shape index (κ3) is 13.8. The van der Waals surface area contributed by atoms with Crippen molar-refractivity contribution < 1.29 is 56.5 Å². The summed E-state index contributed by atoms with van der Waals surface area (Å²) in [7, 11) is 1.48. The zero-order valence-corrected chi connectivity index (χ0v) is 45.3. The summed E-state index contributed by atoms with van der Waals surface area (Å²) in [4.78, 5) is 61.7. The molecule has 0 spiro atoms. The second-order valence-corrected chi connectivity index (χ2v) is 20.0. The largest absolute Gasteiger partial charge is 0.493 e. The molecule has 23 nitrogen and oxygen atoms in total. The van der Waals surface area contributed by atoms with E-state index < -0.39 is 72.3 Å². The molecule has 0 bridgehead atoms. The fourth-order valence-electron chi connectivity index (χ4n) is 9.87. The van der Waals surface area contributed by atoms with Crippen molar-refractivity contribution in [1.29, 1.82) is 0 Å². The number of pyridine rings is 1. The number of ether oxygens (including phenoxy) is 5. The first-order chi connectivity index (χ1) is 38.5. The fourth-order valence-corrected chi connectivity index (χ4v) is 9.87. The van der Waals surface area contributed by atoms with Gasteiger partial charge < -0.3 is 55.8 Å². The van der Waals surface area contributed by atoms with Crippen LogP contribution >= 0.6 is 0 Å². The molecular weight excluding hydrogens is 1040 g/mol. The Morgan fingerprint density at radius 3 is 2.27 bits per heavy atom. The summed E-state index contributed by atoms with van der Waals surface area (Å²) in [5.41, 5.74) is 18.7. The molecule has 2 aliphatic heterocycles. The van der Waals surface area contributed by atoms with E-state index in [0.29, 0.717) is 49.2 Å². The highest BCUT2D eigenvalue weighted by Crippen LogP contribution is 2.42. The summed E-state index contributed by atoms with van der Waals surface area (Å²) < 4.78 is 65.1. The maximum absolute atomic E-state index is 15.7. The van der Waals surface area contributed by atoms with Crippen LogP contribution in [0.5, 0.6) is 5.75 Å². The van der Waals surface area contributed by atoms with Crippen molar-refractivity contribution in [3.8, 4) is 11.4 Å². The SMILES string of the molecule is CC[C@@H]([C@H](C)OC(=O)[C@@H](N)CO)n1ncn(-c2ccc(N3CCN(c4ccc(OC[C@@H]5CO[C@@](Cn6c[n+](C(C)OC(=O)N(C)c7ncccc7COC(=O)[C@@H](N)CCCN)cn6)(c6ccc(F)cc6F)C5)cc4)CC3)cc2)c1=O. The van der Waals surface area contributed by atoms with E-state index in [4.69, 9.17) is 40.9 Å². The molecular formula is C55H70F2N13O10+. The van der Waals surface area contributed by atoms with Crippen molar-refractivity contribution in [3.63, 3.8) is 0 Å². The fraction of sp³-hybridized carbons (Fsp3) is 0.455. The van der Waals surface area contributed by atoms with Gasteiger partial charge in [-0.25, -0.2) is 32.6 Å². The Hall–Kier alpha value is -7.84. The highest BCUT2D eigenvalue weighted by atomic mass is 19.1. The lowest BCUT2D eigenvalue weighted by Gasteiger charge is -2.37. The topological polar surface area (TPSA) is 280 Å². The molecule has 7 atom stereocenters. The number of hydrogen-bond donors (Lipinski definition) is 4. The van der Waals surface area contributed by atoms with Crippen molar-refractivity contribution in [2.45, 2.75) is 95.7 Å². The number of aliphatic hydroxyl groups is 1. The zero-order chi connectivity index (χ0) is 57.1. The molecule has 1 amide bonds. The molecule has 5 heterocycles. The van der Waals surface area contributed by atoms with Gasteiger partial charge in [0.1, 0.15) is 66.5 Å². The molecule has 0 radical (unpaired) electrons. The summed E-state index contributed by atoms with van der Waals surface area (Å²) in [6.45, 7) is 8.41. The number of esters is 2. The molecule has 2 saturated heterocycles. The first-order valence-corrected chi connectivity index (χ1v) is 26.6. The molecule has 6 aromatic rings. The van der Waals surface area contributed by atoms with Gasteiger partial charge in [-0.1, -0.05) is 19.1 Å². The predicted molar refractivity (Wildman–Crippen MR) is 289 cm³/mol. The standard InChI is InChI=1S/C55H70F2N13O10/c1-5-49(36(2)79-52(73)48(60)28-71)70-53(74)69(34-63-70)43-13-11-41(12-14-43)65-22-24-66(25-23-65)42-15-17-44(18-16-42)76-29-38-27-55(78-30-38,45-19-10-40(56)26-46(45)57)32-68-35-67(33-62-68)37(3)80-54(75)64(4)50-39(8-7-21-61-50)31-77-51(72)47(59)9-6-20-58/h7-8,10-19,21,26,33-38,47-49,71H,5-6,9,20,22-25,27-32,58-60H2,1-4H3/q+1/t36-,37?,38+,47-,48-,49-,55-/m0/s1. The molecule has 3 aromatic heterocycles. The van der Waals surface area contributed by atoms with Crippen molar-refractivity contribution in [2.24, 2.45) is 23.1 Å². The van der Waals surface area contributed by atoms with E-state index in [-0.39, 0.29) is 49.4 Å². The summed E-state index contributed by atoms with van der Waals surface area (Å²) in [6.07, 6.45) is 5.40. The third-order valence-electron chi connectivity index (χ3n) is 14.4. The monoisotopic (exact) mass is 1110 g/mol. The van der Waals surface area contributed by atoms with Gasteiger partial charge in [0.15, 0.2) is 0 Å². The van der Waals surface area contributed by atoms with Crippen LogP contribution in [0.15, 0.2) is 109 Å². The van der Waals surface area contributed by atoms with Gasteiger partial charge in [0, 0.05) is 85.9 Å². The van der Waals surface area contributed by atoms with E-state index in [2.05, 4.69) is 25.0 Å². The van der Waals surface area contributed by atoms with Gasteiger partial charge in [-0.3, -0.25) is 14.5 Å². The quantitative estimate of drug-likeness (QED) is 0.0383. The summed E-state index contributed by atoms with van der Waals surface area (Å²) in [5.74, 6) is -2.14. The molecule has 3 aromatic carbocycles. The Labute approximate surface area is 461 Å². The van der Waals surface area contributed by atoms with Crippen LogP contribution in [0.2, 0.25) is 0 Å². The molecule has 0 aliphatic carbocycles. The van der Waals surface area contributed by atoms with Gasteiger partial charge >= 0.3 is 23.7 Å². The first-order valence-electron chi connectivity index (χ1n) is 26.6. The first kappa shape index (κ1) is 58.3. The number of carbonyl (C=O) groups is 3. The molecule has 80 heavy (non-hydrogen) atoms. The van der Waals surface area contributed by atoms with Crippen LogP contribution in [0.3, 0.4) is 0 Å². The minimum atomic E-state index is -1.25. The van der Waals surface area contributed by atoms with E-state index >= 15 is 4.39 Å². The number of benzene rings is 3. The number of amides is 1. The second-order valence-electron chi connectivity index (χ2n) is 20.0. The molecule has 1 unspecified atom stereocenters. The molecule has 0 saturated carbocycles. The van der Waals surface area contributed by atoms with Gasteiger partial charge in [-0.2, -0.15) is 9.67 Å². The van der Waals surface area contributed by atoms with Crippen LogP contribution in [-0.2, 0) is 47.3 Å². The number of rotatable bonds is 24. The smallest absolute Gasteiger partial charge is 0.418 e. The Kier molecular flexibility index (Phi) is 19.3. The molecule has 25 heteroatoms. The van der Waals surface area contributed by atoms with Crippen molar-refractivity contribution in [3.05, 3.63) is 137 Å². The Balaban J connectivity index is 0.833. The van der Waals surface area contributed by atoms with E-state index in [0.717, 1.165) is 43.6 Å². The molecule has 2 aliphatic rings. The maximum atomic E-state index is 15.7. The minimum absolute atomic E-state index is 0.0402. The van der Waals surface area contributed by atoms with Crippen LogP contribution in [0.4, 0.5) is 30.8 Å². The van der Waals surface area contributed by atoms with Gasteiger partial charge in [0.2, 0.25) is 12.6 Å². The lowest BCUT2D eigenvalue weighted by molar-refractivity contribution is -0.753. The average Bonchev–Trinajstić information content (AvgIpc) is 4.22. The number of hydrogen-bond acceptors (Lipinski definition) is 18. The van der Waals surface area contributed by atoms with Crippen LogP contribution in [-0.4, -0.2) is 130 Å². The minimum Gasteiger partial charge on any atom is -0.493 e. The van der Waals surface area contributed by atoms with E-state index in [9.17, 15) is 28.7 Å². The van der Waals surface area contributed by atoms with Crippen molar-refractivity contribution in [1.82, 2.24) is 29.1 Å². The third-order valence-corrected chi connectivity index (χ3v) is 14.4. The number of halogens is 2. The van der Waals surface area contributed by atoms with Gasteiger partial charge in [-0.05, 0) is 99.8 Å². The Morgan fingerprint density at radius 1 is 0.925 bits per heavy atom. The molecule has 428 valence electrons. The zero-order valence-electron chi connectivity index (χ0n) is 45.3. The van der Waals surface area contributed by atoms with Crippen molar-refractivity contribution in [2.75, 3.05) is 74.3 Å². The Morgan fingerprint density at radius 2 is 1.61 bits per heavy atom. The lowest BCUT2D eigenvalue weighted by Crippen LogP contribution is -2.46. The summed E-state index contributed by atoms with van der Waals surface area (Å²) in [6, 6.07) is 19.7. The van der Waals surface area contributed by atoms with E-state index in [1.165, 1.54) is 52.2 Å². The number of aromatic nitrogens is 7. The van der Waals surface area contributed by atoms with E-state index in [1.807, 2.05) is 55.5 Å². The molecule has 8 rings (SSSR count). The normalized spacial score (nSPS) is 18.2. The number of aliphatic hydroxyl groups excluding tert-OH is 1. The number of anilines is 3. The predicted octanol–water partition coefficient (Wildman–Crippen LogP) is 3.63. The van der Waals surface area contributed by atoms with Crippen LogP contribution in [0.25, 0.3) is 5.69 Å². The second kappa shape index (κ2) is 26.4. The highest BCUT2D eigenvalue weighted by molar-refractivity contribution is 5.86.